The Labute approximate surface area is 554 Å². The summed E-state index contributed by atoms with van der Waals surface area (Å²) >= 11 is 0. The van der Waals surface area contributed by atoms with Gasteiger partial charge in [0.15, 0.2) is 39.7 Å². The van der Waals surface area contributed by atoms with E-state index in [1.807, 2.05) is 0 Å². The average Bonchev–Trinajstić information content (AvgIpc) is 1.75. The van der Waals surface area contributed by atoms with Crippen LogP contribution in [0.5, 0.6) is 0 Å². The van der Waals surface area contributed by atoms with Gasteiger partial charge in [-0.2, -0.15) is 4.57 Å². The van der Waals surface area contributed by atoms with Crippen molar-refractivity contribution in [2.24, 2.45) is 28.2 Å². The number of pyridine rings is 4. The fourth-order valence-corrected chi connectivity index (χ4v) is 15.1. The molecule has 8 heteroatoms. The van der Waals surface area contributed by atoms with Crippen LogP contribution < -0.4 is 18.6 Å². The Bertz CT molecular complexity index is 6050. The lowest BCUT2D eigenvalue weighted by atomic mass is 9.93. The molecule has 0 bridgehead atoms. The standard InChI is InChI=1S/C25H23N2.C23H19N2.C20H21N2.C19H17N2/c1-16-7-5-8-17(2)24(16)19-11-12-20-22(15-19)21-10-6-9-18(3)25(21)27-23(20)13-14-26(27)4;1-16-7-6-10-20-21-15-18(17-8-4-3-5-9-17)11-12-19(21)22-13-14-24(2)25(22)23(16)20;1-13(2)15-8-9-16-18(12-15)17-7-5-6-14(3)20(17)22-19(16)10-11-21(22)4;1-14-8-7-10-16-15-9-3-4-11-17(15)21(19(14)16)18-12-5-6-13-20(18)2/h5-15H,1-4H3;3-15H,1-2H3;5-13H,1-4H3;3-13H,1-2H3/q4*+1. The Morgan fingerprint density at radius 3 is 1.17 bits per heavy atom. The van der Waals surface area contributed by atoms with Crippen LogP contribution in [0.1, 0.15) is 58.7 Å². The van der Waals surface area contributed by atoms with Gasteiger partial charge in [-0.15, -0.1) is 27.6 Å². The molecule has 10 aromatic carbocycles. The minimum absolute atomic E-state index is 0.545. The Hall–Kier alpha value is -11.2. The van der Waals surface area contributed by atoms with Crippen LogP contribution in [-0.2, 0) is 28.2 Å². The molecule has 0 aliphatic rings. The summed E-state index contributed by atoms with van der Waals surface area (Å²) in [5, 5.41) is 14.4. The molecule has 0 radical (unpaired) electrons. The molecule has 0 N–H and O–H groups in total. The Balaban J connectivity index is 0.000000105. The first-order valence-corrected chi connectivity index (χ1v) is 33.2. The molecule has 0 atom stereocenters. The first-order chi connectivity index (χ1) is 46.1. The van der Waals surface area contributed by atoms with E-state index >= 15 is 0 Å². The van der Waals surface area contributed by atoms with Crippen molar-refractivity contribution in [1.82, 2.24) is 18.1 Å². The minimum Gasteiger partial charge on any atom is -0.237 e. The number of hydrogen-bond donors (Lipinski definition) is 0. The Kier molecular flexibility index (Phi) is 15.2. The summed E-state index contributed by atoms with van der Waals surface area (Å²) in [5.41, 5.74) is 24.6. The van der Waals surface area contributed by atoms with Crippen LogP contribution in [0, 0.1) is 41.5 Å². The fourth-order valence-electron chi connectivity index (χ4n) is 15.1. The first kappa shape index (κ1) is 60.0. The zero-order valence-electron chi connectivity index (χ0n) is 56.5. The Morgan fingerprint density at radius 2 is 0.663 bits per heavy atom. The van der Waals surface area contributed by atoms with Crippen LogP contribution in [0.4, 0.5) is 0 Å². The second-order valence-electron chi connectivity index (χ2n) is 26.3. The van der Waals surface area contributed by atoms with Crippen LogP contribution >= 0.6 is 0 Å². The van der Waals surface area contributed by atoms with Crippen LogP contribution in [0.25, 0.3) is 131 Å². The molecule has 0 saturated carbocycles. The molecular weight excluding hydrogens is 1160 g/mol. The first-order valence-electron chi connectivity index (χ1n) is 33.2. The topological polar surface area (TPSA) is 33.7 Å². The highest BCUT2D eigenvalue weighted by molar-refractivity contribution is 6.16. The second-order valence-corrected chi connectivity index (χ2v) is 26.3. The summed E-state index contributed by atoms with van der Waals surface area (Å²) in [6.07, 6.45) is 8.50. The van der Waals surface area contributed by atoms with Crippen molar-refractivity contribution in [2.45, 2.75) is 61.3 Å². The summed E-state index contributed by atoms with van der Waals surface area (Å²) in [4.78, 5) is 0. The summed E-state index contributed by atoms with van der Waals surface area (Å²) in [6.45, 7) is 17.7. The zero-order chi connectivity index (χ0) is 65.5. The summed E-state index contributed by atoms with van der Waals surface area (Å²) < 4.78 is 18.0. The van der Waals surface area contributed by atoms with Crippen molar-refractivity contribution in [3.05, 3.63) is 300 Å². The highest BCUT2D eigenvalue weighted by Crippen LogP contribution is 2.39. The minimum atomic E-state index is 0.545. The number of para-hydroxylation sites is 5. The third kappa shape index (κ3) is 10.1. The molecule has 0 fully saturated rings. The molecule has 0 aliphatic heterocycles. The molecule has 0 aliphatic carbocycles. The molecule has 464 valence electrons. The zero-order valence-corrected chi connectivity index (χ0v) is 56.5. The predicted octanol–water partition coefficient (Wildman–Crippen LogP) is 19.1. The van der Waals surface area contributed by atoms with E-state index in [4.69, 9.17) is 0 Å². The van der Waals surface area contributed by atoms with E-state index in [2.05, 4.69) is 382 Å². The van der Waals surface area contributed by atoms with E-state index in [9.17, 15) is 0 Å². The van der Waals surface area contributed by atoms with Crippen molar-refractivity contribution < 1.29 is 18.6 Å². The van der Waals surface area contributed by atoms with E-state index in [1.165, 1.54) is 170 Å². The van der Waals surface area contributed by atoms with Crippen LogP contribution in [0.2, 0.25) is 0 Å². The monoisotopic (exact) mass is 1240 g/mol. The third-order valence-electron chi connectivity index (χ3n) is 19.8. The van der Waals surface area contributed by atoms with E-state index in [1.54, 1.807) is 0 Å². The summed E-state index contributed by atoms with van der Waals surface area (Å²) in [6, 6.07) is 85.7. The van der Waals surface area contributed by atoms with Gasteiger partial charge in [0.05, 0.1) is 13.2 Å². The number of rotatable bonds is 4. The molecule has 0 amide bonds. The van der Waals surface area contributed by atoms with Gasteiger partial charge in [0.25, 0.3) is 5.82 Å². The van der Waals surface area contributed by atoms with E-state index in [0.29, 0.717) is 5.92 Å². The lowest BCUT2D eigenvalue weighted by molar-refractivity contribution is -0.735. The maximum absolute atomic E-state index is 2.37. The highest BCUT2D eigenvalue weighted by Gasteiger charge is 2.24. The maximum atomic E-state index is 2.37. The lowest BCUT2D eigenvalue weighted by Crippen LogP contribution is -2.34. The molecular formula is C87H80N8+4. The third-order valence-corrected chi connectivity index (χ3v) is 19.8. The van der Waals surface area contributed by atoms with Crippen molar-refractivity contribution >= 4 is 103 Å². The lowest BCUT2D eigenvalue weighted by Gasteiger charge is -2.13. The number of hydrogen-bond acceptors (Lipinski definition) is 0. The largest absolute Gasteiger partial charge is 0.286 e. The van der Waals surface area contributed by atoms with Gasteiger partial charge in [0.2, 0.25) is 0 Å². The molecule has 0 unspecified atom stereocenters. The van der Waals surface area contributed by atoms with E-state index in [0.717, 1.165) is 0 Å². The molecule has 8 aromatic heterocycles. The summed E-state index contributed by atoms with van der Waals surface area (Å²) in [7, 11) is 8.40. The van der Waals surface area contributed by atoms with Gasteiger partial charge in [-0.3, -0.25) is 0 Å². The quantitative estimate of drug-likeness (QED) is 0.124. The fraction of sp³-hybridized carbons (Fsp3) is 0.149. The van der Waals surface area contributed by atoms with Crippen LogP contribution in [0.3, 0.4) is 0 Å². The average molecular weight is 1240 g/mol. The predicted molar refractivity (Wildman–Crippen MR) is 396 cm³/mol. The van der Waals surface area contributed by atoms with Crippen molar-refractivity contribution in [3.63, 3.8) is 0 Å². The van der Waals surface area contributed by atoms with Gasteiger partial charge in [0, 0.05) is 67.4 Å². The van der Waals surface area contributed by atoms with Gasteiger partial charge in [-0.05, 0) is 161 Å². The van der Waals surface area contributed by atoms with Crippen LogP contribution in [0.15, 0.2) is 261 Å². The number of benzene rings is 10. The van der Waals surface area contributed by atoms with Gasteiger partial charge in [-0.25, -0.2) is 4.57 Å². The van der Waals surface area contributed by atoms with Gasteiger partial charge in [0.1, 0.15) is 44.1 Å². The number of nitrogens with zero attached hydrogens (tertiary/aromatic N) is 8. The number of aromatic nitrogens is 8. The molecule has 18 aromatic rings. The van der Waals surface area contributed by atoms with Gasteiger partial charge in [-0.1, -0.05) is 190 Å². The van der Waals surface area contributed by atoms with Crippen molar-refractivity contribution in [2.75, 3.05) is 0 Å². The second kappa shape index (κ2) is 24.0. The molecule has 0 saturated heterocycles. The van der Waals surface area contributed by atoms with E-state index < -0.39 is 0 Å². The van der Waals surface area contributed by atoms with Crippen LogP contribution in [-0.4, -0.2) is 18.1 Å². The normalized spacial score (nSPS) is 11.7. The summed E-state index contributed by atoms with van der Waals surface area (Å²) in [5.74, 6) is 1.72. The molecule has 18 rings (SSSR count). The molecule has 8 heterocycles. The Morgan fingerprint density at radius 1 is 0.274 bits per heavy atom. The SMILES string of the molecule is Cc1cccc(C)c1-c1ccc2c(c1)c1cccc(C)c1n1c2cc[n+]1C.Cc1cccc2c3cc(-c4ccccc4)ccc3c3cc[n+](C)n3c12.Cc1cccc2c3cc(C(C)C)ccc3c3cc[n+](C)n3c12.Cc1cccc2c3ccccc3n(-c3cccc[n+]3C)c12. The maximum Gasteiger partial charge on any atom is 0.286 e. The van der Waals surface area contributed by atoms with E-state index in [-0.39, 0.29) is 0 Å². The number of aryl methyl sites for hydroxylation is 10. The highest BCUT2D eigenvalue weighted by atomic mass is 15.3. The molecule has 95 heavy (non-hydrogen) atoms. The van der Waals surface area contributed by atoms with Crippen molar-refractivity contribution in [1.29, 1.82) is 0 Å². The van der Waals surface area contributed by atoms with Gasteiger partial charge < -0.3 is 0 Å². The molecule has 0 spiro atoms. The smallest absolute Gasteiger partial charge is 0.237 e. The van der Waals surface area contributed by atoms with Crippen molar-refractivity contribution in [3.8, 4) is 28.1 Å². The molecule has 8 nitrogen and oxygen atoms in total. The number of fused-ring (bicyclic) bond motifs is 21. The van der Waals surface area contributed by atoms with Gasteiger partial charge >= 0.3 is 0 Å².